The van der Waals surface area contributed by atoms with Crippen LogP contribution >= 0.6 is 15.9 Å². The van der Waals surface area contributed by atoms with Crippen molar-refractivity contribution in [2.45, 2.75) is 13.5 Å². The summed E-state index contributed by atoms with van der Waals surface area (Å²) in [7, 11) is 0. The Labute approximate surface area is 103 Å². The van der Waals surface area contributed by atoms with Gasteiger partial charge in [0.15, 0.2) is 0 Å². The van der Waals surface area contributed by atoms with Gasteiger partial charge in [-0.2, -0.15) is 0 Å². The van der Waals surface area contributed by atoms with E-state index in [4.69, 9.17) is 0 Å². The maximum Gasteiger partial charge on any atom is 0.145 e. The molecule has 0 saturated carbocycles. The highest BCUT2D eigenvalue weighted by Gasteiger charge is 1.96. The van der Waals surface area contributed by atoms with E-state index >= 15 is 0 Å². The first-order valence-corrected chi connectivity index (χ1v) is 5.80. The molecule has 0 fully saturated rings. The molecule has 1 N–H and O–H groups in total. The Morgan fingerprint density at radius 1 is 1.31 bits per heavy atom. The third-order valence-electron chi connectivity index (χ3n) is 2.12. The molecule has 16 heavy (non-hydrogen) atoms. The van der Waals surface area contributed by atoms with Crippen LogP contribution in [0.5, 0.6) is 0 Å². The van der Waals surface area contributed by atoms with Crippen LogP contribution in [0, 0.1) is 6.92 Å². The fraction of sp³-hybridized carbons (Fsp3) is 0.167. The second kappa shape index (κ2) is 5.07. The first kappa shape index (κ1) is 11.1. The average molecular weight is 278 g/mol. The van der Waals surface area contributed by atoms with Crippen LogP contribution in [0.3, 0.4) is 0 Å². The number of aromatic nitrogens is 2. The second-order valence-electron chi connectivity index (χ2n) is 3.53. The molecule has 2 aromatic rings. The van der Waals surface area contributed by atoms with Gasteiger partial charge in [0.1, 0.15) is 5.82 Å². The lowest BCUT2D eigenvalue weighted by atomic mass is 10.2. The van der Waals surface area contributed by atoms with E-state index in [0.717, 1.165) is 22.5 Å². The van der Waals surface area contributed by atoms with Crippen molar-refractivity contribution in [2.24, 2.45) is 0 Å². The number of nitrogens with one attached hydrogen (secondary N) is 1. The average Bonchev–Trinajstić information content (AvgIpc) is 2.27. The zero-order valence-corrected chi connectivity index (χ0v) is 10.5. The van der Waals surface area contributed by atoms with E-state index in [1.807, 2.05) is 19.1 Å². The van der Waals surface area contributed by atoms with Gasteiger partial charge in [0.25, 0.3) is 0 Å². The molecule has 0 spiro atoms. The molecule has 1 aromatic heterocycles. The number of nitrogens with zero attached hydrogens (tertiary/aromatic N) is 2. The SMILES string of the molecule is Cc1cncc(NCc2cccc(Br)c2)n1. The smallest absolute Gasteiger partial charge is 0.145 e. The van der Waals surface area contributed by atoms with E-state index in [1.54, 1.807) is 12.4 Å². The van der Waals surface area contributed by atoms with Gasteiger partial charge in [0.2, 0.25) is 0 Å². The van der Waals surface area contributed by atoms with Crippen LogP contribution in [0.15, 0.2) is 41.1 Å². The molecule has 0 unspecified atom stereocenters. The lowest BCUT2D eigenvalue weighted by Crippen LogP contribution is -2.02. The summed E-state index contributed by atoms with van der Waals surface area (Å²) < 4.78 is 1.09. The largest absolute Gasteiger partial charge is 0.365 e. The number of rotatable bonds is 3. The van der Waals surface area contributed by atoms with Gasteiger partial charge in [-0.05, 0) is 24.6 Å². The van der Waals surface area contributed by atoms with E-state index in [1.165, 1.54) is 5.56 Å². The number of halogens is 1. The molecule has 0 saturated heterocycles. The van der Waals surface area contributed by atoms with Crippen LogP contribution in [0.25, 0.3) is 0 Å². The molecule has 0 bridgehead atoms. The van der Waals surface area contributed by atoms with E-state index in [0.29, 0.717) is 0 Å². The van der Waals surface area contributed by atoms with Crippen LogP contribution in [0.4, 0.5) is 5.82 Å². The maximum absolute atomic E-state index is 4.33. The summed E-state index contributed by atoms with van der Waals surface area (Å²) in [5.74, 6) is 0.806. The lowest BCUT2D eigenvalue weighted by Gasteiger charge is -2.06. The highest BCUT2D eigenvalue weighted by molar-refractivity contribution is 9.10. The van der Waals surface area contributed by atoms with Crippen molar-refractivity contribution >= 4 is 21.7 Å². The number of aryl methyl sites for hydroxylation is 1. The van der Waals surface area contributed by atoms with Crippen molar-refractivity contribution in [3.8, 4) is 0 Å². The second-order valence-corrected chi connectivity index (χ2v) is 4.44. The molecule has 0 atom stereocenters. The van der Waals surface area contributed by atoms with E-state index < -0.39 is 0 Å². The molecule has 3 nitrogen and oxygen atoms in total. The third-order valence-corrected chi connectivity index (χ3v) is 2.61. The lowest BCUT2D eigenvalue weighted by molar-refractivity contribution is 1.05. The molecule has 0 radical (unpaired) electrons. The van der Waals surface area contributed by atoms with Crippen LogP contribution in [0.1, 0.15) is 11.3 Å². The predicted molar refractivity (Wildman–Crippen MR) is 68.2 cm³/mol. The molecular formula is C12H12BrN3. The standard InChI is InChI=1S/C12H12BrN3/c1-9-6-14-8-12(16-9)15-7-10-3-2-4-11(13)5-10/h2-6,8H,7H2,1H3,(H,15,16). The summed E-state index contributed by atoms with van der Waals surface area (Å²) in [6.45, 7) is 2.68. The van der Waals surface area contributed by atoms with Gasteiger partial charge in [-0.1, -0.05) is 28.1 Å². The van der Waals surface area contributed by atoms with Crippen LogP contribution in [-0.2, 0) is 6.54 Å². The van der Waals surface area contributed by atoms with Crippen molar-refractivity contribution in [1.29, 1.82) is 0 Å². The number of benzene rings is 1. The predicted octanol–water partition coefficient (Wildman–Crippen LogP) is 3.16. The van der Waals surface area contributed by atoms with Crippen molar-refractivity contribution < 1.29 is 0 Å². The Balaban J connectivity index is 2.02. The molecule has 82 valence electrons. The van der Waals surface area contributed by atoms with Gasteiger partial charge in [-0.3, -0.25) is 4.98 Å². The van der Waals surface area contributed by atoms with Gasteiger partial charge in [0.05, 0.1) is 11.9 Å². The maximum atomic E-state index is 4.33. The summed E-state index contributed by atoms with van der Waals surface area (Å²) in [6, 6.07) is 8.18. The topological polar surface area (TPSA) is 37.8 Å². The Hall–Kier alpha value is -1.42. The summed E-state index contributed by atoms with van der Waals surface area (Å²) in [5, 5.41) is 3.23. The molecule has 4 heteroatoms. The number of hydrogen-bond donors (Lipinski definition) is 1. The molecule has 0 amide bonds. The Morgan fingerprint density at radius 3 is 2.94 bits per heavy atom. The quantitative estimate of drug-likeness (QED) is 0.937. The first-order valence-electron chi connectivity index (χ1n) is 5.01. The molecule has 0 aliphatic carbocycles. The molecule has 1 aromatic carbocycles. The minimum absolute atomic E-state index is 0.748. The summed E-state index contributed by atoms with van der Waals surface area (Å²) in [5.41, 5.74) is 2.12. The summed E-state index contributed by atoms with van der Waals surface area (Å²) >= 11 is 3.44. The fourth-order valence-corrected chi connectivity index (χ4v) is 1.83. The molecular weight excluding hydrogens is 266 g/mol. The zero-order chi connectivity index (χ0) is 11.4. The van der Waals surface area contributed by atoms with Crippen molar-refractivity contribution in [2.75, 3.05) is 5.32 Å². The molecule has 1 heterocycles. The highest BCUT2D eigenvalue weighted by atomic mass is 79.9. The zero-order valence-electron chi connectivity index (χ0n) is 8.94. The molecule has 2 rings (SSSR count). The monoisotopic (exact) mass is 277 g/mol. The normalized spacial score (nSPS) is 10.1. The van der Waals surface area contributed by atoms with E-state index in [9.17, 15) is 0 Å². The van der Waals surface area contributed by atoms with Crippen molar-refractivity contribution in [1.82, 2.24) is 9.97 Å². The van der Waals surface area contributed by atoms with Gasteiger partial charge in [-0.25, -0.2) is 4.98 Å². The molecule has 0 aliphatic heterocycles. The molecule has 0 aliphatic rings. The Bertz CT molecular complexity index is 440. The van der Waals surface area contributed by atoms with Crippen LogP contribution in [-0.4, -0.2) is 9.97 Å². The van der Waals surface area contributed by atoms with Crippen LogP contribution < -0.4 is 5.32 Å². The van der Waals surface area contributed by atoms with Crippen molar-refractivity contribution in [3.05, 3.63) is 52.4 Å². The van der Waals surface area contributed by atoms with E-state index in [-0.39, 0.29) is 0 Å². The Morgan fingerprint density at radius 2 is 2.19 bits per heavy atom. The number of hydrogen-bond acceptors (Lipinski definition) is 3. The summed E-state index contributed by atoms with van der Waals surface area (Å²) in [4.78, 5) is 8.41. The summed E-state index contributed by atoms with van der Waals surface area (Å²) in [6.07, 6.45) is 3.47. The van der Waals surface area contributed by atoms with Crippen LogP contribution in [0.2, 0.25) is 0 Å². The highest BCUT2D eigenvalue weighted by Crippen LogP contribution is 2.12. The fourth-order valence-electron chi connectivity index (χ4n) is 1.39. The third kappa shape index (κ3) is 3.03. The van der Waals surface area contributed by atoms with Gasteiger partial charge >= 0.3 is 0 Å². The van der Waals surface area contributed by atoms with Gasteiger partial charge in [0, 0.05) is 17.2 Å². The first-order chi connectivity index (χ1) is 7.74. The Kier molecular flexibility index (Phi) is 3.51. The van der Waals surface area contributed by atoms with Crippen molar-refractivity contribution in [3.63, 3.8) is 0 Å². The minimum Gasteiger partial charge on any atom is -0.365 e. The van der Waals surface area contributed by atoms with E-state index in [2.05, 4.69) is 43.3 Å². The minimum atomic E-state index is 0.748. The van der Waals surface area contributed by atoms with Gasteiger partial charge < -0.3 is 5.32 Å². The van der Waals surface area contributed by atoms with Gasteiger partial charge in [-0.15, -0.1) is 0 Å². The number of anilines is 1.